The Hall–Kier alpha value is -1.92. The van der Waals surface area contributed by atoms with Gasteiger partial charge in [0.25, 0.3) is 0 Å². The lowest BCUT2D eigenvalue weighted by atomic mass is 9.98. The highest BCUT2D eigenvalue weighted by molar-refractivity contribution is 5.99. The molecule has 0 spiro atoms. The molecule has 0 saturated heterocycles. The van der Waals surface area contributed by atoms with Gasteiger partial charge in [0.2, 0.25) is 5.91 Å². The summed E-state index contributed by atoms with van der Waals surface area (Å²) in [5, 5.41) is 19.4. The number of nitrogen functional groups attached to an aromatic ring is 1. The Balaban J connectivity index is 2.99. The summed E-state index contributed by atoms with van der Waals surface area (Å²) >= 11 is 0. The van der Waals surface area contributed by atoms with Crippen LogP contribution in [0.4, 0.5) is 5.69 Å². The Labute approximate surface area is 104 Å². The minimum Gasteiger partial charge on any atom is -0.398 e. The molecule has 0 radical (unpaired) electrons. The number of carbonyl (C=O) groups is 2. The summed E-state index contributed by atoms with van der Waals surface area (Å²) in [7, 11) is 0. The molecular formula is C12H16N2O4. The molecule has 0 saturated carbocycles. The quantitative estimate of drug-likeness (QED) is 0.424. The Morgan fingerprint density at radius 1 is 1.33 bits per heavy atom. The Morgan fingerprint density at radius 3 is 2.44 bits per heavy atom. The molecule has 1 rings (SSSR count). The number of aliphatic hydroxyl groups excluding tert-OH is 2. The minimum atomic E-state index is -1.31. The van der Waals surface area contributed by atoms with Crippen molar-refractivity contribution < 1.29 is 19.8 Å². The summed E-state index contributed by atoms with van der Waals surface area (Å²) in [5.41, 5.74) is 11.4. The molecule has 0 aliphatic rings. The predicted octanol–water partition coefficient (Wildman–Crippen LogP) is -0.259. The number of nitrogens with two attached hydrogens (primary N) is 2. The summed E-state index contributed by atoms with van der Waals surface area (Å²) in [6.45, 7) is 1.35. The minimum absolute atomic E-state index is 0.244. The van der Waals surface area contributed by atoms with E-state index in [1.165, 1.54) is 25.1 Å². The fourth-order valence-electron chi connectivity index (χ4n) is 1.60. The van der Waals surface area contributed by atoms with Crippen LogP contribution >= 0.6 is 0 Å². The Bertz CT molecular complexity index is 473. The summed E-state index contributed by atoms with van der Waals surface area (Å²) in [4.78, 5) is 21.9. The van der Waals surface area contributed by atoms with E-state index in [2.05, 4.69) is 0 Å². The number of Topliss-reactive ketones (excluding diaryl/α,β-unsaturated/α-hetero) is 1. The molecule has 1 amide bonds. The summed E-state index contributed by atoms with van der Waals surface area (Å²) in [5.74, 6) is -0.963. The molecule has 18 heavy (non-hydrogen) atoms. The fraction of sp³-hybridized carbons (Fsp3) is 0.333. The molecule has 0 fully saturated rings. The zero-order chi connectivity index (χ0) is 13.9. The number of hydrogen-bond acceptors (Lipinski definition) is 5. The monoisotopic (exact) mass is 252 g/mol. The van der Waals surface area contributed by atoms with Gasteiger partial charge in [-0.3, -0.25) is 9.59 Å². The summed E-state index contributed by atoms with van der Waals surface area (Å²) in [6.07, 6.45) is -2.97. The number of hydrogen-bond donors (Lipinski definition) is 4. The molecule has 2 unspecified atom stereocenters. The van der Waals surface area contributed by atoms with Crippen molar-refractivity contribution in [3.05, 3.63) is 29.3 Å². The van der Waals surface area contributed by atoms with E-state index >= 15 is 0 Å². The van der Waals surface area contributed by atoms with Gasteiger partial charge in [-0.1, -0.05) is 6.07 Å². The van der Waals surface area contributed by atoms with Crippen molar-refractivity contribution in [2.75, 3.05) is 5.73 Å². The van der Waals surface area contributed by atoms with Crippen LogP contribution in [0.3, 0.4) is 0 Å². The lowest BCUT2D eigenvalue weighted by molar-refractivity contribution is -0.121. The number of aliphatic hydroxyl groups is 2. The highest BCUT2D eigenvalue weighted by atomic mass is 16.3. The Morgan fingerprint density at radius 2 is 1.94 bits per heavy atom. The summed E-state index contributed by atoms with van der Waals surface area (Å²) in [6, 6.07) is 4.34. The maximum absolute atomic E-state index is 11.3. The van der Waals surface area contributed by atoms with Gasteiger partial charge in [0, 0.05) is 11.3 Å². The van der Waals surface area contributed by atoms with Crippen LogP contribution in [-0.4, -0.2) is 28.0 Å². The lowest BCUT2D eigenvalue weighted by Crippen LogP contribution is -2.25. The van der Waals surface area contributed by atoms with E-state index in [4.69, 9.17) is 11.5 Å². The third kappa shape index (κ3) is 3.28. The van der Waals surface area contributed by atoms with Gasteiger partial charge in [0.05, 0.1) is 12.5 Å². The molecule has 0 heterocycles. The van der Waals surface area contributed by atoms with Crippen molar-refractivity contribution in [3.63, 3.8) is 0 Å². The first-order valence-electron chi connectivity index (χ1n) is 5.37. The zero-order valence-corrected chi connectivity index (χ0v) is 9.96. The normalized spacial score (nSPS) is 13.9. The molecule has 6 heteroatoms. The van der Waals surface area contributed by atoms with Gasteiger partial charge in [-0.05, 0) is 24.6 Å². The van der Waals surface area contributed by atoms with Gasteiger partial charge in [0.1, 0.15) is 6.10 Å². The van der Waals surface area contributed by atoms with Crippen LogP contribution < -0.4 is 11.5 Å². The van der Waals surface area contributed by atoms with E-state index in [9.17, 15) is 19.8 Å². The van der Waals surface area contributed by atoms with Crippen LogP contribution in [0.15, 0.2) is 18.2 Å². The number of amides is 1. The number of carbonyl (C=O) groups excluding carboxylic acids is 2. The van der Waals surface area contributed by atoms with Crippen LogP contribution in [0.25, 0.3) is 0 Å². The van der Waals surface area contributed by atoms with E-state index in [0.29, 0.717) is 11.3 Å². The average molecular weight is 252 g/mol. The molecule has 2 atom stereocenters. The molecule has 1 aromatic carbocycles. The first-order valence-corrected chi connectivity index (χ1v) is 5.37. The van der Waals surface area contributed by atoms with Gasteiger partial charge >= 0.3 is 0 Å². The number of ketones is 1. The second-order valence-electron chi connectivity index (χ2n) is 4.09. The molecule has 6 nitrogen and oxygen atoms in total. The molecular weight excluding hydrogens is 236 g/mol. The SMILES string of the molecule is CC(=O)c1cc(C(O)C(O)CC(N)=O)ccc1N. The average Bonchev–Trinajstić information content (AvgIpc) is 2.27. The van der Waals surface area contributed by atoms with E-state index in [1.807, 2.05) is 0 Å². The highest BCUT2D eigenvalue weighted by Gasteiger charge is 2.21. The van der Waals surface area contributed by atoms with Crippen LogP contribution in [0.1, 0.15) is 35.4 Å². The topological polar surface area (TPSA) is 127 Å². The molecule has 0 bridgehead atoms. The number of anilines is 1. The molecule has 0 aliphatic carbocycles. The van der Waals surface area contributed by atoms with Crippen molar-refractivity contribution in [1.82, 2.24) is 0 Å². The van der Waals surface area contributed by atoms with Gasteiger partial charge in [0.15, 0.2) is 5.78 Å². The molecule has 98 valence electrons. The van der Waals surface area contributed by atoms with Crippen molar-refractivity contribution in [2.24, 2.45) is 5.73 Å². The van der Waals surface area contributed by atoms with Crippen molar-refractivity contribution in [3.8, 4) is 0 Å². The number of benzene rings is 1. The molecule has 0 aromatic heterocycles. The second-order valence-corrected chi connectivity index (χ2v) is 4.09. The fourth-order valence-corrected chi connectivity index (χ4v) is 1.60. The second kappa shape index (κ2) is 5.61. The molecule has 6 N–H and O–H groups in total. The molecule has 1 aromatic rings. The third-order valence-electron chi connectivity index (χ3n) is 2.57. The smallest absolute Gasteiger partial charge is 0.220 e. The largest absolute Gasteiger partial charge is 0.398 e. The summed E-state index contributed by atoms with van der Waals surface area (Å²) < 4.78 is 0. The predicted molar refractivity (Wildman–Crippen MR) is 65.6 cm³/mol. The number of rotatable bonds is 5. The van der Waals surface area contributed by atoms with Crippen LogP contribution in [0.2, 0.25) is 0 Å². The van der Waals surface area contributed by atoms with Gasteiger partial charge < -0.3 is 21.7 Å². The first-order chi connectivity index (χ1) is 8.32. The van der Waals surface area contributed by atoms with E-state index < -0.39 is 18.1 Å². The number of primary amides is 1. The maximum atomic E-state index is 11.3. The zero-order valence-electron chi connectivity index (χ0n) is 9.96. The highest BCUT2D eigenvalue weighted by Crippen LogP contribution is 2.23. The maximum Gasteiger partial charge on any atom is 0.220 e. The standard InChI is InChI=1S/C12H16N2O4/c1-6(15)8-4-7(2-3-9(8)13)12(18)10(16)5-11(14)17/h2-4,10,12,16,18H,5,13H2,1H3,(H2,14,17). The lowest BCUT2D eigenvalue weighted by Gasteiger charge is -2.17. The molecule has 0 aliphatic heterocycles. The van der Waals surface area contributed by atoms with Gasteiger partial charge in [-0.15, -0.1) is 0 Å². The van der Waals surface area contributed by atoms with Gasteiger partial charge in [-0.2, -0.15) is 0 Å². The van der Waals surface area contributed by atoms with Crippen LogP contribution in [0, 0.1) is 0 Å². The Kier molecular flexibility index (Phi) is 4.41. The van der Waals surface area contributed by atoms with Crippen molar-refractivity contribution in [1.29, 1.82) is 0 Å². The first kappa shape index (κ1) is 14.1. The van der Waals surface area contributed by atoms with E-state index in [1.54, 1.807) is 0 Å². The van der Waals surface area contributed by atoms with Crippen molar-refractivity contribution in [2.45, 2.75) is 25.6 Å². The van der Waals surface area contributed by atoms with Crippen LogP contribution in [-0.2, 0) is 4.79 Å². The third-order valence-corrected chi connectivity index (χ3v) is 2.57. The van der Waals surface area contributed by atoms with Crippen molar-refractivity contribution >= 4 is 17.4 Å². The van der Waals surface area contributed by atoms with E-state index in [0.717, 1.165) is 0 Å². The van der Waals surface area contributed by atoms with Crippen LogP contribution in [0.5, 0.6) is 0 Å². The van der Waals surface area contributed by atoms with Gasteiger partial charge in [-0.25, -0.2) is 0 Å². The van der Waals surface area contributed by atoms with E-state index in [-0.39, 0.29) is 17.8 Å².